The minimum Gasteiger partial charge on any atom is -0.279 e. The van der Waals surface area contributed by atoms with E-state index < -0.39 is 22.1 Å². The summed E-state index contributed by atoms with van der Waals surface area (Å²) in [5.74, 6) is -1.26. The van der Waals surface area contributed by atoms with Crippen LogP contribution in [0.15, 0.2) is 17.6 Å². The van der Waals surface area contributed by atoms with E-state index in [1.807, 2.05) is 5.34 Å². The quantitative estimate of drug-likeness (QED) is 0.337. The Bertz CT molecular complexity index is 435. The molecule has 0 aromatic carbocycles. The highest BCUT2D eigenvalue weighted by atomic mass is 35.5. The summed E-state index contributed by atoms with van der Waals surface area (Å²) in [4.78, 5) is 37.4. The van der Waals surface area contributed by atoms with Crippen molar-refractivity contribution in [1.29, 1.82) is 0 Å². The van der Waals surface area contributed by atoms with Gasteiger partial charge in [-0.2, -0.15) is 0 Å². The van der Waals surface area contributed by atoms with Crippen LogP contribution in [0, 0.1) is 15.0 Å². The average Bonchev–Trinajstić information content (AvgIpc) is 2.17. The van der Waals surface area contributed by atoms with Crippen LogP contribution in [0.1, 0.15) is 10.4 Å². The summed E-state index contributed by atoms with van der Waals surface area (Å²) in [6.45, 7) is 0. The number of carbonyl (C=O) groups is 1. The molecule has 0 amide bonds. The highest BCUT2D eigenvalue weighted by molar-refractivity contribution is 6.29. The zero-order valence-corrected chi connectivity index (χ0v) is 7.67. The first-order chi connectivity index (χ1) is 7.06. The third kappa shape index (κ3) is 2.44. The number of nitrogens with zero attached hydrogens (tertiary/aromatic N) is 3. The van der Waals surface area contributed by atoms with Crippen molar-refractivity contribution in [3.05, 3.63) is 38.0 Å². The first-order valence-electron chi connectivity index (χ1n) is 3.40. The zero-order valence-electron chi connectivity index (χ0n) is 6.92. The molecule has 0 N–H and O–H groups in total. The van der Waals surface area contributed by atoms with E-state index in [9.17, 15) is 19.8 Å². The molecule has 0 unspecified atom stereocenters. The van der Waals surface area contributed by atoms with Gasteiger partial charge in [-0.25, -0.2) is 9.78 Å². The second kappa shape index (κ2) is 4.42. The minimum atomic E-state index is -1.26. The lowest BCUT2D eigenvalue weighted by atomic mass is 10.2. The van der Waals surface area contributed by atoms with Crippen LogP contribution in [0.2, 0.25) is 5.15 Å². The summed E-state index contributed by atoms with van der Waals surface area (Å²) >= 11 is 5.42. The number of rotatable bonds is 3. The fourth-order valence-corrected chi connectivity index (χ4v) is 0.973. The van der Waals surface area contributed by atoms with Gasteiger partial charge in [-0.15, -0.1) is 4.91 Å². The topological polar surface area (TPSA) is 112 Å². The van der Waals surface area contributed by atoms with Crippen molar-refractivity contribution in [3.63, 3.8) is 0 Å². The van der Waals surface area contributed by atoms with Gasteiger partial charge in [-0.3, -0.25) is 15.0 Å². The molecule has 0 spiro atoms. The van der Waals surface area contributed by atoms with Crippen molar-refractivity contribution in [3.8, 4) is 0 Å². The standard InChI is InChI=1S/C6H2ClN3O5/c7-5-1-3(6(11)15-9-12)4(2-8-5)10(13)14/h1-2H. The number of hydrogen-bond acceptors (Lipinski definition) is 7. The second-order valence-corrected chi connectivity index (χ2v) is 2.62. The molecule has 0 aliphatic rings. The van der Waals surface area contributed by atoms with E-state index in [1.54, 1.807) is 0 Å². The number of carbonyl (C=O) groups excluding carboxylic acids is 1. The van der Waals surface area contributed by atoms with E-state index in [4.69, 9.17) is 11.6 Å². The van der Waals surface area contributed by atoms with Crippen molar-refractivity contribution in [2.24, 2.45) is 5.34 Å². The molecule has 0 fully saturated rings. The smallest absolute Gasteiger partial charge is 0.279 e. The van der Waals surface area contributed by atoms with Crippen LogP contribution in [-0.4, -0.2) is 15.9 Å². The van der Waals surface area contributed by atoms with Gasteiger partial charge in [0.2, 0.25) is 0 Å². The van der Waals surface area contributed by atoms with Crippen molar-refractivity contribution >= 4 is 23.3 Å². The molecule has 1 rings (SSSR count). The van der Waals surface area contributed by atoms with E-state index in [-0.39, 0.29) is 5.15 Å². The predicted molar refractivity (Wildman–Crippen MR) is 47.1 cm³/mol. The lowest BCUT2D eigenvalue weighted by molar-refractivity contribution is -0.385. The predicted octanol–water partition coefficient (Wildman–Crippen LogP) is 1.48. The Balaban J connectivity index is 3.23. The average molecular weight is 232 g/mol. The van der Waals surface area contributed by atoms with E-state index in [0.29, 0.717) is 0 Å². The van der Waals surface area contributed by atoms with Crippen LogP contribution in [0.25, 0.3) is 0 Å². The van der Waals surface area contributed by atoms with Gasteiger partial charge in [0.1, 0.15) is 16.9 Å². The Morgan fingerprint density at radius 1 is 1.67 bits per heavy atom. The number of aromatic nitrogens is 1. The number of nitro groups is 1. The Morgan fingerprint density at radius 3 is 2.87 bits per heavy atom. The SMILES string of the molecule is O=NOC(=O)c1cc(Cl)ncc1[N+](=O)[O-]. The number of hydrogen-bond donors (Lipinski definition) is 0. The van der Waals surface area contributed by atoms with Gasteiger partial charge in [0, 0.05) is 0 Å². The van der Waals surface area contributed by atoms with Crippen molar-refractivity contribution < 1.29 is 14.6 Å². The Labute approximate surface area is 86.9 Å². The summed E-state index contributed by atoms with van der Waals surface area (Å²) in [5.41, 5.74) is -1.10. The molecule has 1 aromatic heterocycles. The van der Waals surface area contributed by atoms with Crippen molar-refractivity contribution in [2.45, 2.75) is 0 Å². The van der Waals surface area contributed by atoms with Gasteiger partial charge < -0.3 is 0 Å². The van der Waals surface area contributed by atoms with E-state index in [0.717, 1.165) is 12.3 Å². The molecule has 9 heteroatoms. The fourth-order valence-electron chi connectivity index (χ4n) is 0.815. The molecule has 0 aliphatic heterocycles. The monoisotopic (exact) mass is 231 g/mol. The van der Waals surface area contributed by atoms with Crippen LogP contribution in [0.3, 0.4) is 0 Å². The maximum Gasteiger partial charge on any atom is 0.376 e. The fraction of sp³-hybridized carbons (Fsp3) is 0. The van der Waals surface area contributed by atoms with E-state index >= 15 is 0 Å². The van der Waals surface area contributed by atoms with Crippen LogP contribution in [0.4, 0.5) is 5.69 Å². The summed E-state index contributed by atoms with van der Waals surface area (Å²) in [7, 11) is 0. The van der Waals surface area contributed by atoms with Crippen LogP contribution < -0.4 is 0 Å². The third-order valence-corrected chi connectivity index (χ3v) is 1.59. The molecule has 0 atom stereocenters. The summed E-state index contributed by atoms with van der Waals surface area (Å²) in [6, 6.07) is 0.910. The third-order valence-electron chi connectivity index (χ3n) is 1.39. The van der Waals surface area contributed by atoms with Gasteiger partial charge >= 0.3 is 11.7 Å². The number of pyridine rings is 1. The maximum absolute atomic E-state index is 11.0. The molecule has 1 aromatic rings. The Kier molecular flexibility index (Phi) is 3.24. The molecule has 0 radical (unpaired) electrons. The van der Waals surface area contributed by atoms with E-state index in [1.165, 1.54) is 0 Å². The second-order valence-electron chi connectivity index (χ2n) is 2.23. The van der Waals surface area contributed by atoms with Crippen LogP contribution >= 0.6 is 11.6 Å². The minimum absolute atomic E-state index is 0.140. The molecule has 0 saturated heterocycles. The molecular weight excluding hydrogens is 230 g/mol. The lowest BCUT2D eigenvalue weighted by Crippen LogP contribution is -2.05. The summed E-state index contributed by atoms with van der Waals surface area (Å²) in [5, 5.41) is 12.2. The van der Waals surface area contributed by atoms with Gasteiger partial charge in [0.15, 0.2) is 5.34 Å². The molecule has 0 aliphatic carbocycles. The van der Waals surface area contributed by atoms with Crippen LogP contribution in [-0.2, 0) is 4.84 Å². The Hall–Kier alpha value is -2.09. The molecule has 15 heavy (non-hydrogen) atoms. The largest absolute Gasteiger partial charge is 0.376 e. The number of halogens is 1. The van der Waals surface area contributed by atoms with Gasteiger partial charge in [0.05, 0.1) is 4.92 Å². The summed E-state index contributed by atoms with van der Waals surface area (Å²) < 4.78 is 0. The van der Waals surface area contributed by atoms with Gasteiger partial charge in [-0.1, -0.05) is 11.6 Å². The first-order valence-corrected chi connectivity index (χ1v) is 3.78. The van der Waals surface area contributed by atoms with Crippen LogP contribution in [0.5, 0.6) is 0 Å². The normalized spacial score (nSPS) is 9.40. The van der Waals surface area contributed by atoms with Crippen molar-refractivity contribution in [1.82, 2.24) is 4.98 Å². The maximum atomic E-state index is 11.0. The van der Waals surface area contributed by atoms with Gasteiger partial charge in [-0.05, 0) is 6.07 Å². The molecular formula is C6H2ClN3O5. The Morgan fingerprint density at radius 2 is 2.33 bits per heavy atom. The van der Waals surface area contributed by atoms with E-state index in [2.05, 4.69) is 9.82 Å². The van der Waals surface area contributed by atoms with Crippen molar-refractivity contribution in [2.75, 3.05) is 0 Å². The first kappa shape index (κ1) is 11.0. The zero-order chi connectivity index (χ0) is 11.4. The molecule has 1 heterocycles. The molecule has 8 nitrogen and oxygen atoms in total. The summed E-state index contributed by atoms with van der Waals surface area (Å²) in [6.07, 6.45) is 0.781. The lowest BCUT2D eigenvalue weighted by Gasteiger charge is -1.98. The molecule has 0 bridgehead atoms. The highest BCUT2D eigenvalue weighted by Gasteiger charge is 2.23. The van der Waals surface area contributed by atoms with Gasteiger partial charge in [0.25, 0.3) is 0 Å². The highest BCUT2D eigenvalue weighted by Crippen LogP contribution is 2.21. The molecule has 78 valence electrons. The molecule has 0 saturated carbocycles.